The van der Waals surface area contributed by atoms with Gasteiger partial charge in [0.05, 0.1) is 23.6 Å². The molecule has 1 aromatic heterocycles. The fourth-order valence-electron chi connectivity index (χ4n) is 4.01. The molecule has 9 heteroatoms. The van der Waals surface area contributed by atoms with Gasteiger partial charge in [0.1, 0.15) is 11.6 Å². The number of hydrogen-bond donors (Lipinski definition) is 1. The molecule has 1 aliphatic heterocycles. The molecule has 1 saturated heterocycles. The number of nitrogens with one attached hydrogen (secondary N) is 1. The Balaban J connectivity index is 1.36. The SMILES string of the molecule is Cc1nn(Cc2c(F)cccc2Cl)c(C)c1NC(=S)N1CCN(Cc2ccc(F)cc2)CC1. The second-order valence-corrected chi connectivity index (χ2v) is 9.02. The van der Waals surface area contributed by atoms with E-state index in [0.717, 1.165) is 55.4 Å². The molecule has 2 aromatic carbocycles. The van der Waals surface area contributed by atoms with Gasteiger partial charge >= 0.3 is 0 Å². The highest BCUT2D eigenvalue weighted by Crippen LogP contribution is 2.25. The Kier molecular flexibility index (Phi) is 7.26. The van der Waals surface area contributed by atoms with Crippen molar-refractivity contribution in [3.8, 4) is 0 Å². The number of benzene rings is 2. The van der Waals surface area contributed by atoms with Crippen molar-refractivity contribution in [2.75, 3.05) is 31.5 Å². The van der Waals surface area contributed by atoms with Crippen molar-refractivity contribution in [3.05, 3.63) is 81.6 Å². The number of rotatable bonds is 5. The van der Waals surface area contributed by atoms with Crippen molar-refractivity contribution in [2.24, 2.45) is 0 Å². The average Bonchev–Trinajstić information content (AvgIpc) is 3.06. The second kappa shape index (κ2) is 10.2. The molecule has 0 saturated carbocycles. The minimum Gasteiger partial charge on any atom is -0.346 e. The zero-order chi connectivity index (χ0) is 23.5. The van der Waals surface area contributed by atoms with E-state index in [1.54, 1.807) is 16.8 Å². The summed E-state index contributed by atoms with van der Waals surface area (Å²) in [5.74, 6) is -0.565. The molecular weight excluding hydrogens is 464 g/mol. The lowest BCUT2D eigenvalue weighted by atomic mass is 10.2. The Labute approximate surface area is 202 Å². The highest BCUT2D eigenvalue weighted by atomic mass is 35.5. The molecule has 4 rings (SSSR count). The number of thiocarbonyl (C=S) groups is 1. The number of halogens is 3. The quantitative estimate of drug-likeness (QED) is 0.511. The first-order valence-electron chi connectivity index (χ1n) is 10.8. The third-order valence-corrected chi connectivity index (χ3v) is 6.68. The van der Waals surface area contributed by atoms with Gasteiger partial charge in [0.25, 0.3) is 0 Å². The molecule has 5 nitrogen and oxygen atoms in total. The lowest BCUT2D eigenvalue weighted by molar-refractivity contribution is 0.177. The predicted molar refractivity (Wildman–Crippen MR) is 132 cm³/mol. The van der Waals surface area contributed by atoms with Gasteiger partial charge in [-0.15, -0.1) is 0 Å². The van der Waals surface area contributed by atoms with Crippen LogP contribution in [0, 0.1) is 25.5 Å². The van der Waals surface area contributed by atoms with Gasteiger partial charge in [-0.25, -0.2) is 8.78 Å². The van der Waals surface area contributed by atoms with Gasteiger partial charge in [0, 0.05) is 43.3 Å². The summed E-state index contributed by atoms with van der Waals surface area (Å²) in [5.41, 5.74) is 4.00. The van der Waals surface area contributed by atoms with E-state index in [-0.39, 0.29) is 18.2 Å². The van der Waals surface area contributed by atoms with Crippen LogP contribution in [-0.2, 0) is 13.1 Å². The lowest BCUT2D eigenvalue weighted by Gasteiger charge is -2.36. The highest BCUT2D eigenvalue weighted by Gasteiger charge is 2.21. The van der Waals surface area contributed by atoms with Crippen LogP contribution in [0.4, 0.5) is 14.5 Å². The molecule has 33 heavy (non-hydrogen) atoms. The molecule has 0 aliphatic carbocycles. The number of nitrogens with zero attached hydrogens (tertiary/aromatic N) is 4. The first-order chi connectivity index (χ1) is 15.8. The zero-order valence-electron chi connectivity index (χ0n) is 18.6. The third kappa shape index (κ3) is 5.51. The Bertz CT molecular complexity index is 1120. The Morgan fingerprint density at radius 1 is 1.03 bits per heavy atom. The average molecular weight is 490 g/mol. The number of aryl methyl sites for hydroxylation is 1. The summed E-state index contributed by atoms with van der Waals surface area (Å²) < 4.78 is 29.1. The first-order valence-corrected chi connectivity index (χ1v) is 11.6. The number of aromatic nitrogens is 2. The molecule has 1 fully saturated rings. The van der Waals surface area contributed by atoms with Gasteiger partial charge in [-0.1, -0.05) is 29.8 Å². The van der Waals surface area contributed by atoms with Gasteiger partial charge in [0.15, 0.2) is 5.11 Å². The Morgan fingerprint density at radius 2 is 1.73 bits per heavy atom. The molecule has 174 valence electrons. The van der Waals surface area contributed by atoms with Crippen LogP contribution in [0.2, 0.25) is 5.02 Å². The summed E-state index contributed by atoms with van der Waals surface area (Å²) in [7, 11) is 0. The maximum absolute atomic E-state index is 14.2. The first kappa shape index (κ1) is 23.6. The maximum Gasteiger partial charge on any atom is 0.173 e. The van der Waals surface area contributed by atoms with E-state index in [4.69, 9.17) is 23.8 Å². The molecule has 2 heterocycles. The summed E-state index contributed by atoms with van der Waals surface area (Å²) >= 11 is 11.9. The summed E-state index contributed by atoms with van der Waals surface area (Å²) in [6.07, 6.45) is 0. The molecular formula is C24H26ClF2N5S. The van der Waals surface area contributed by atoms with Crippen LogP contribution in [0.1, 0.15) is 22.5 Å². The molecule has 0 unspecified atom stereocenters. The lowest BCUT2D eigenvalue weighted by Crippen LogP contribution is -2.49. The summed E-state index contributed by atoms with van der Waals surface area (Å²) in [4.78, 5) is 4.47. The van der Waals surface area contributed by atoms with Gasteiger partial charge in [0.2, 0.25) is 0 Å². The van der Waals surface area contributed by atoms with Crippen LogP contribution in [0.5, 0.6) is 0 Å². The van der Waals surface area contributed by atoms with E-state index in [1.807, 2.05) is 26.0 Å². The van der Waals surface area contributed by atoms with Crippen LogP contribution < -0.4 is 5.32 Å². The molecule has 1 N–H and O–H groups in total. The highest BCUT2D eigenvalue weighted by molar-refractivity contribution is 7.80. The fraction of sp³-hybridized carbons (Fsp3) is 0.333. The molecule has 0 radical (unpaired) electrons. The van der Waals surface area contributed by atoms with E-state index in [1.165, 1.54) is 18.2 Å². The maximum atomic E-state index is 14.2. The van der Waals surface area contributed by atoms with Gasteiger partial charge in [-0.05, 0) is 55.9 Å². The van der Waals surface area contributed by atoms with Crippen LogP contribution in [0.15, 0.2) is 42.5 Å². The van der Waals surface area contributed by atoms with Crippen LogP contribution >= 0.6 is 23.8 Å². The van der Waals surface area contributed by atoms with Crippen LogP contribution in [-0.4, -0.2) is 50.9 Å². The standard InChI is InChI=1S/C24H26ClF2N5S/c1-16-23(17(2)32(29-16)15-20-21(25)4-3-5-22(20)27)28-24(33)31-12-10-30(11-13-31)14-18-6-8-19(26)9-7-18/h3-9H,10-15H2,1-2H3,(H,28,33). The van der Waals surface area contributed by atoms with Gasteiger partial charge in [-0.2, -0.15) is 5.10 Å². The van der Waals surface area contributed by atoms with E-state index in [9.17, 15) is 8.78 Å². The Morgan fingerprint density at radius 3 is 2.39 bits per heavy atom. The minimum absolute atomic E-state index is 0.217. The van der Waals surface area contributed by atoms with Crippen LogP contribution in [0.25, 0.3) is 0 Å². The number of hydrogen-bond acceptors (Lipinski definition) is 3. The monoisotopic (exact) mass is 489 g/mol. The van der Waals surface area contributed by atoms with Gasteiger partial charge in [-0.3, -0.25) is 9.58 Å². The predicted octanol–water partition coefficient (Wildman–Crippen LogP) is 4.99. The second-order valence-electron chi connectivity index (χ2n) is 8.22. The molecule has 0 amide bonds. The molecule has 0 atom stereocenters. The summed E-state index contributed by atoms with van der Waals surface area (Å²) in [6.45, 7) is 8.18. The van der Waals surface area contributed by atoms with Crippen molar-refractivity contribution < 1.29 is 8.78 Å². The van der Waals surface area contributed by atoms with Crippen molar-refractivity contribution in [2.45, 2.75) is 26.9 Å². The van der Waals surface area contributed by atoms with E-state index in [0.29, 0.717) is 15.7 Å². The molecule has 1 aliphatic rings. The van der Waals surface area contributed by atoms with E-state index in [2.05, 4.69) is 20.2 Å². The smallest absolute Gasteiger partial charge is 0.173 e. The number of anilines is 1. The van der Waals surface area contributed by atoms with Gasteiger partial charge < -0.3 is 10.2 Å². The van der Waals surface area contributed by atoms with Crippen molar-refractivity contribution in [1.29, 1.82) is 0 Å². The Hall–Kier alpha value is -2.55. The minimum atomic E-state index is -0.349. The molecule has 0 bridgehead atoms. The summed E-state index contributed by atoms with van der Waals surface area (Å²) in [5, 5.41) is 8.93. The largest absolute Gasteiger partial charge is 0.346 e. The third-order valence-electron chi connectivity index (χ3n) is 5.96. The molecule has 0 spiro atoms. The summed E-state index contributed by atoms with van der Waals surface area (Å²) in [6, 6.07) is 11.3. The van der Waals surface area contributed by atoms with Crippen molar-refractivity contribution in [1.82, 2.24) is 19.6 Å². The van der Waals surface area contributed by atoms with E-state index >= 15 is 0 Å². The molecule has 3 aromatic rings. The fourth-order valence-corrected chi connectivity index (χ4v) is 4.52. The normalized spacial score (nSPS) is 14.5. The topological polar surface area (TPSA) is 36.3 Å². The van der Waals surface area contributed by atoms with Crippen molar-refractivity contribution >= 4 is 34.6 Å². The van der Waals surface area contributed by atoms with E-state index < -0.39 is 0 Å². The zero-order valence-corrected chi connectivity index (χ0v) is 20.2. The van der Waals surface area contributed by atoms with Crippen molar-refractivity contribution in [3.63, 3.8) is 0 Å². The van der Waals surface area contributed by atoms with Crippen LogP contribution in [0.3, 0.4) is 0 Å². The number of piperazine rings is 1.